The van der Waals surface area contributed by atoms with E-state index in [4.69, 9.17) is 5.11 Å². The van der Waals surface area contributed by atoms with Crippen molar-refractivity contribution in [1.29, 1.82) is 0 Å². The molecule has 0 aliphatic rings. The number of carboxylic acids is 1. The first-order valence-corrected chi connectivity index (χ1v) is 3.94. The van der Waals surface area contributed by atoms with Crippen LogP contribution in [0.15, 0.2) is 24.3 Å². The maximum Gasteiger partial charge on any atom is 0.381 e. The molecule has 0 heterocycles. The SMILES string of the molecule is O=C(O)C#CCNc1ccccc1O. The summed E-state index contributed by atoms with van der Waals surface area (Å²) >= 11 is 0. The van der Waals surface area contributed by atoms with E-state index in [9.17, 15) is 9.90 Å². The molecule has 1 aromatic carbocycles. The van der Waals surface area contributed by atoms with Gasteiger partial charge in [-0.1, -0.05) is 18.1 Å². The summed E-state index contributed by atoms with van der Waals surface area (Å²) in [5.41, 5.74) is 0.534. The van der Waals surface area contributed by atoms with Gasteiger partial charge in [-0.25, -0.2) is 4.79 Å². The van der Waals surface area contributed by atoms with Crippen LogP contribution in [0.4, 0.5) is 5.69 Å². The first-order valence-electron chi connectivity index (χ1n) is 3.94. The van der Waals surface area contributed by atoms with Gasteiger partial charge in [-0.05, 0) is 12.1 Å². The molecule has 72 valence electrons. The van der Waals surface area contributed by atoms with E-state index in [1.807, 2.05) is 5.92 Å². The molecule has 4 heteroatoms. The maximum absolute atomic E-state index is 10.0. The molecule has 0 aliphatic heterocycles. The highest BCUT2D eigenvalue weighted by atomic mass is 16.4. The smallest absolute Gasteiger partial charge is 0.381 e. The zero-order valence-corrected chi connectivity index (χ0v) is 7.32. The largest absolute Gasteiger partial charge is 0.506 e. The summed E-state index contributed by atoms with van der Waals surface area (Å²) in [6.07, 6.45) is 0. The molecule has 1 rings (SSSR count). The predicted octanol–water partition coefficient (Wildman–Crippen LogP) is 0.892. The van der Waals surface area contributed by atoms with Gasteiger partial charge < -0.3 is 15.5 Å². The molecule has 0 fully saturated rings. The lowest BCUT2D eigenvalue weighted by Crippen LogP contribution is -1.99. The van der Waals surface area contributed by atoms with E-state index in [2.05, 4.69) is 11.2 Å². The van der Waals surface area contributed by atoms with E-state index in [0.717, 1.165) is 0 Å². The number of carboxylic acid groups (broad SMARTS) is 1. The molecule has 3 N–H and O–H groups in total. The molecule has 0 bridgehead atoms. The van der Waals surface area contributed by atoms with Gasteiger partial charge in [-0.2, -0.15) is 0 Å². The molecule has 0 amide bonds. The van der Waals surface area contributed by atoms with Crippen molar-refractivity contribution in [1.82, 2.24) is 0 Å². The lowest BCUT2D eigenvalue weighted by molar-refractivity contribution is -0.130. The number of aromatic hydroxyl groups is 1. The zero-order chi connectivity index (χ0) is 10.4. The topological polar surface area (TPSA) is 69.6 Å². The monoisotopic (exact) mass is 191 g/mol. The van der Waals surface area contributed by atoms with Crippen LogP contribution in [-0.2, 0) is 4.79 Å². The molecular formula is C10H9NO3. The van der Waals surface area contributed by atoms with E-state index in [1.165, 1.54) is 6.07 Å². The van der Waals surface area contributed by atoms with E-state index in [0.29, 0.717) is 5.69 Å². The van der Waals surface area contributed by atoms with Crippen LogP contribution in [-0.4, -0.2) is 22.7 Å². The molecule has 0 aliphatic carbocycles. The number of nitrogens with one attached hydrogen (secondary N) is 1. The van der Waals surface area contributed by atoms with E-state index < -0.39 is 5.97 Å². The molecule has 0 radical (unpaired) electrons. The van der Waals surface area contributed by atoms with Crippen LogP contribution in [0.1, 0.15) is 0 Å². The highest BCUT2D eigenvalue weighted by molar-refractivity contribution is 5.86. The van der Waals surface area contributed by atoms with Gasteiger partial charge in [-0.15, -0.1) is 0 Å². The Morgan fingerprint density at radius 3 is 2.79 bits per heavy atom. The summed E-state index contributed by atoms with van der Waals surface area (Å²) in [4.78, 5) is 10.0. The summed E-state index contributed by atoms with van der Waals surface area (Å²) in [5.74, 6) is 3.30. The predicted molar refractivity (Wildman–Crippen MR) is 52.0 cm³/mol. The van der Waals surface area contributed by atoms with Crippen LogP contribution in [0.3, 0.4) is 0 Å². The van der Waals surface area contributed by atoms with Crippen molar-refractivity contribution in [3.63, 3.8) is 0 Å². The minimum atomic E-state index is -1.16. The molecule has 0 atom stereocenters. The average Bonchev–Trinajstić information content (AvgIpc) is 2.15. The Hall–Kier alpha value is -2.15. The number of rotatable bonds is 2. The van der Waals surface area contributed by atoms with Crippen LogP contribution in [0.2, 0.25) is 0 Å². The van der Waals surface area contributed by atoms with Crippen molar-refractivity contribution in [2.45, 2.75) is 0 Å². The van der Waals surface area contributed by atoms with Crippen molar-refractivity contribution < 1.29 is 15.0 Å². The van der Waals surface area contributed by atoms with E-state index >= 15 is 0 Å². The fourth-order valence-corrected chi connectivity index (χ4v) is 0.882. The van der Waals surface area contributed by atoms with Gasteiger partial charge in [0.2, 0.25) is 0 Å². The Balaban J connectivity index is 2.52. The van der Waals surface area contributed by atoms with Crippen molar-refractivity contribution in [3.8, 4) is 17.6 Å². The van der Waals surface area contributed by atoms with Crippen LogP contribution in [0, 0.1) is 11.8 Å². The minimum absolute atomic E-state index is 0.115. The molecule has 0 saturated heterocycles. The van der Waals surface area contributed by atoms with Crippen molar-refractivity contribution in [2.75, 3.05) is 11.9 Å². The molecule has 0 unspecified atom stereocenters. The third-order valence-electron chi connectivity index (χ3n) is 1.47. The van der Waals surface area contributed by atoms with Crippen molar-refractivity contribution in [2.24, 2.45) is 0 Å². The van der Waals surface area contributed by atoms with Crippen LogP contribution < -0.4 is 5.32 Å². The highest BCUT2D eigenvalue weighted by Gasteiger charge is 1.95. The number of hydrogen-bond acceptors (Lipinski definition) is 3. The zero-order valence-electron chi connectivity index (χ0n) is 7.32. The molecule has 0 aromatic heterocycles. The number of anilines is 1. The second-order valence-electron chi connectivity index (χ2n) is 2.48. The summed E-state index contributed by atoms with van der Waals surface area (Å²) in [5, 5.41) is 20.3. The molecule has 1 aromatic rings. The fourth-order valence-electron chi connectivity index (χ4n) is 0.882. The second kappa shape index (κ2) is 4.77. The third kappa shape index (κ3) is 3.07. The Morgan fingerprint density at radius 2 is 2.14 bits per heavy atom. The van der Waals surface area contributed by atoms with Gasteiger partial charge in [-0.3, -0.25) is 0 Å². The maximum atomic E-state index is 10.0. The van der Waals surface area contributed by atoms with Crippen molar-refractivity contribution in [3.05, 3.63) is 24.3 Å². The Kier molecular flexibility index (Phi) is 3.39. The van der Waals surface area contributed by atoms with Crippen LogP contribution >= 0.6 is 0 Å². The quantitative estimate of drug-likeness (QED) is 0.479. The number of hydrogen-bond donors (Lipinski definition) is 3. The standard InChI is InChI=1S/C10H9NO3/c12-9-5-2-1-4-8(9)11-7-3-6-10(13)14/h1-2,4-5,11-12H,7H2,(H,13,14). The van der Waals surface area contributed by atoms with Gasteiger partial charge in [0.15, 0.2) is 0 Å². The van der Waals surface area contributed by atoms with Gasteiger partial charge in [0.1, 0.15) is 5.75 Å². The number of phenols is 1. The van der Waals surface area contributed by atoms with Gasteiger partial charge in [0, 0.05) is 5.92 Å². The Bertz CT molecular complexity index is 390. The lowest BCUT2D eigenvalue weighted by atomic mass is 10.3. The Morgan fingerprint density at radius 1 is 1.43 bits per heavy atom. The lowest BCUT2D eigenvalue weighted by Gasteiger charge is -2.03. The van der Waals surface area contributed by atoms with Gasteiger partial charge in [0.25, 0.3) is 0 Å². The van der Waals surface area contributed by atoms with Gasteiger partial charge in [0.05, 0.1) is 12.2 Å². The first kappa shape index (κ1) is 9.93. The molecule has 14 heavy (non-hydrogen) atoms. The molecule has 0 spiro atoms. The van der Waals surface area contributed by atoms with Crippen LogP contribution in [0.5, 0.6) is 5.75 Å². The molecule has 0 saturated carbocycles. The number of phenolic OH excluding ortho intramolecular Hbond substituents is 1. The summed E-state index contributed by atoms with van der Waals surface area (Å²) < 4.78 is 0. The third-order valence-corrected chi connectivity index (χ3v) is 1.47. The van der Waals surface area contributed by atoms with Gasteiger partial charge >= 0.3 is 5.97 Å². The van der Waals surface area contributed by atoms with E-state index in [-0.39, 0.29) is 12.3 Å². The average molecular weight is 191 g/mol. The molecule has 4 nitrogen and oxygen atoms in total. The van der Waals surface area contributed by atoms with Crippen molar-refractivity contribution >= 4 is 11.7 Å². The van der Waals surface area contributed by atoms with E-state index in [1.54, 1.807) is 18.2 Å². The number of para-hydroxylation sites is 2. The minimum Gasteiger partial charge on any atom is -0.506 e. The summed E-state index contributed by atoms with van der Waals surface area (Å²) in [6, 6.07) is 6.67. The molecular weight excluding hydrogens is 182 g/mol. The number of carbonyl (C=O) groups is 1. The summed E-state index contributed by atoms with van der Waals surface area (Å²) in [6.45, 7) is 0.184. The fraction of sp³-hybridized carbons (Fsp3) is 0.100. The summed E-state index contributed by atoms with van der Waals surface area (Å²) in [7, 11) is 0. The normalized spacial score (nSPS) is 8.57. The highest BCUT2D eigenvalue weighted by Crippen LogP contribution is 2.20. The number of aliphatic carboxylic acids is 1. The number of benzene rings is 1. The second-order valence-corrected chi connectivity index (χ2v) is 2.48. The van der Waals surface area contributed by atoms with Crippen LogP contribution in [0.25, 0.3) is 0 Å². The first-order chi connectivity index (χ1) is 6.70. The Labute approximate surface area is 81.2 Å².